The van der Waals surface area contributed by atoms with Crippen LogP contribution < -0.4 is 14.7 Å². The highest BCUT2D eigenvalue weighted by Crippen LogP contribution is 2.34. The van der Waals surface area contributed by atoms with Crippen molar-refractivity contribution in [3.8, 4) is 5.75 Å². The van der Waals surface area contributed by atoms with Crippen molar-refractivity contribution in [2.24, 2.45) is 0 Å². The maximum atomic E-state index is 11.9. The van der Waals surface area contributed by atoms with Gasteiger partial charge in [-0.3, -0.25) is 9.69 Å². The number of fused-ring (bicyclic) bond motifs is 1. The Morgan fingerprint density at radius 3 is 2.76 bits per heavy atom. The van der Waals surface area contributed by atoms with Crippen molar-refractivity contribution < 1.29 is 19.4 Å². The topological polar surface area (TPSA) is 69.7 Å². The second kappa shape index (κ2) is 4.08. The minimum absolute atomic E-state index is 0.375. The van der Waals surface area contributed by atoms with E-state index in [0.29, 0.717) is 11.4 Å². The molecule has 1 aliphatic rings. The van der Waals surface area contributed by atoms with Gasteiger partial charge in [-0.2, -0.15) is 0 Å². The summed E-state index contributed by atoms with van der Waals surface area (Å²) in [5.41, 5.74) is 0.465. The summed E-state index contributed by atoms with van der Waals surface area (Å²) in [6.07, 6.45) is -0.688. The van der Waals surface area contributed by atoms with E-state index < -0.39 is 18.1 Å². The number of benzene rings is 1. The van der Waals surface area contributed by atoms with Gasteiger partial charge in [-0.05, 0) is 26.0 Å². The number of carbonyl (C=O) groups is 2. The SMILES string of the molecule is C[C@@H]1Oc2ccccc2N([C@H](C)C(=O)[O-])C1=O. The smallest absolute Gasteiger partial charge is 0.268 e. The highest BCUT2D eigenvalue weighted by molar-refractivity contribution is 6.03. The number of rotatable bonds is 2. The Morgan fingerprint density at radius 2 is 2.12 bits per heavy atom. The minimum Gasteiger partial charge on any atom is -0.548 e. The van der Waals surface area contributed by atoms with Crippen molar-refractivity contribution in [1.82, 2.24) is 0 Å². The largest absolute Gasteiger partial charge is 0.548 e. The van der Waals surface area contributed by atoms with Crippen LogP contribution in [0.1, 0.15) is 13.8 Å². The second-order valence-electron chi connectivity index (χ2n) is 3.93. The molecule has 0 saturated heterocycles. The first kappa shape index (κ1) is 11.4. The van der Waals surface area contributed by atoms with Crippen LogP contribution in [0.4, 0.5) is 5.69 Å². The van der Waals surface area contributed by atoms with E-state index in [4.69, 9.17) is 4.74 Å². The lowest BCUT2D eigenvalue weighted by Crippen LogP contribution is -2.54. The Hall–Kier alpha value is -2.04. The number of carboxylic acids is 1. The Kier molecular flexibility index (Phi) is 2.75. The van der Waals surface area contributed by atoms with Crippen LogP contribution in [0.25, 0.3) is 0 Å². The summed E-state index contributed by atoms with van der Waals surface area (Å²) >= 11 is 0. The van der Waals surface area contributed by atoms with Gasteiger partial charge in [0.1, 0.15) is 5.75 Å². The molecule has 1 aromatic carbocycles. The van der Waals surface area contributed by atoms with Gasteiger partial charge in [-0.25, -0.2) is 0 Å². The van der Waals surface area contributed by atoms with Crippen molar-refractivity contribution in [2.75, 3.05) is 4.90 Å². The normalized spacial score (nSPS) is 20.5. The molecule has 0 bridgehead atoms. The summed E-state index contributed by atoms with van der Waals surface area (Å²) in [6, 6.07) is 5.82. The highest BCUT2D eigenvalue weighted by Gasteiger charge is 2.34. The number of ether oxygens (including phenoxy) is 1. The number of nitrogens with zero attached hydrogens (tertiary/aromatic N) is 1. The van der Waals surface area contributed by atoms with Gasteiger partial charge in [0.15, 0.2) is 6.10 Å². The molecule has 0 fully saturated rings. The average Bonchev–Trinajstić information content (AvgIpc) is 2.30. The van der Waals surface area contributed by atoms with E-state index in [1.165, 1.54) is 11.8 Å². The zero-order valence-electron chi connectivity index (χ0n) is 9.54. The minimum atomic E-state index is -1.29. The molecule has 5 heteroatoms. The maximum absolute atomic E-state index is 11.9. The van der Waals surface area contributed by atoms with E-state index in [0.717, 1.165) is 0 Å². The third-order valence-corrected chi connectivity index (χ3v) is 2.74. The predicted molar refractivity (Wildman–Crippen MR) is 58.5 cm³/mol. The fourth-order valence-electron chi connectivity index (χ4n) is 1.82. The number of anilines is 1. The van der Waals surface area contributed by atoms with E-state index in [1.54, 1.807) is 31.2 Å². The standard InChI is InChI=1S/C12H13NO4/c1-7(12(15)16)13-9-5-3-4-6-10(9)17-8(2)11(13)14/h3-8H,1-2H3,(H,15,16)/p-1/t7-,8+/m1/s1. The molecule has 2 atom stereocenters. The van der Waals surface area contributed by atoms with Gasteiger partial charge in [0, 0.05) is 0 Å². The van der Waals surface area contributed by atoms with Crippen molar-refractivity contribution in [1.29, 1.82) is 0 Å². The van der Waals surface area contributed by atoms with Crippen molar-refractivity contribution >= 4 is 17.6 Å². The molecule has 90 valence electrons. The molecular formula is C12H12NO4-. The van der Waals surface area contributed by atoms with Crippen LogP contribution in [0.3, 0.4) is 0 Å². The maximum Gasteiger partial charge on any atom is 0.268 e. The Balaban J connectivity index is 2.49. The van der Waals surface area contributed by atoms with Crippen LogP contribution >= 0.6 is 0 Å². The summed E-state index contributed by atoms with van der Waals surface area (Å²) in [5.74, 6) is -1.16. The number of aliphatic carboxylic acids is 1. The summed E-state index contributed by atoms with van der Waals surface area (Å²) < 4.78 is 5.40. The average molecular weight is 234 g/mol. The Bertz CT molecular complexity index is 471. The molecule has 0 spiro atoms. The molecule has 2 rings (SSSR count). The first-order chi connectivity index (χ1) is 8.02. The molecule has 5 nitrogen and oxygen atoms in total. The monoisotopic (exact) mass is 234 g/mol. The molecule has 17 heavy (non-hydrogen) atoms. The number of hydrogen-bond acceptors (Lipinski definition) is 4. The Labute approximate surface area is 98.6 Å². The molecule has 1 heterocycles. The van der Waals surface area contributed by atoms with E-state index in [2.05, 4.69) is 0 Å². The van der Waals surface area contributed by atoms with Crippen LogP contribution in [0.15, 0.2) is 24.3 Å². The molecule has 1 aromatic rings. The van der Waals surface area contributed by atoms with Gasteiger partial charge < -0.3 is 14.6 Å². The zero-order chi connectivity index (χ0) is 12.6. The van der Waals surface area contributed by atoms with Crippen LogP contribution in [0.2, 0.25) is 0 Å². The van der Waals surface area contributed by atoms with E-state index in [1.807, 2.05) is 0 Å². The highest BCUT2D eigenvalue weighted by atomic mass is 16.5. The van der Waals surface area contributed by atoms with Crippen LogP contribution in [0, 0.1) is 0 Å². The predicted octanol–water partition coefficient (Wildman–Crippen LogP) is -0.0611. The van der Waals surface area contributed by atoms with Gasteiger partial charge in [0.2, 0.25) is 0 Å². The number of para-hydroxylation sites is 2. The van der Waals surface area contributed by atoms with Crippen molar-refractivity contribution in [2.45, 2.75) is 26.0 Å². The van der Waals surface area contributed by atoms with Crippen molar-refractivity contribution in [3.05, 3.63) is 24.3 Å². The van der Waals surface area contributed by atoms with Crippen LogP contribution in [-0.4, -0.2) is 24.0 Å². The first-order valence-electron chi connectivity index (χ1n) is 5.32. The summed E-state index contributed by atoms with van der Waals surface area (Å²) in [4.78, 5) is 24.1. The van der Waals surface area contributed by atoms with E-state index in [-0.39, 0.29) is 5.91 Å². The summed E-state index contributed by atoms with van der Waals surface area (Å²) in [7, 11) is 0. The third-order valence-electron chi connectivity index (χ3n) is 2.74. The lowest BCUT2D eigenvalue weighted by molar-refractivity contribution is -0.307. The number of hydrogen-bond donors (Lipinski definition) is 0. The first-order valence-corrected chi connectivity index (χ1v) is 5.32. The fourth-order valence-corrected chi connectivity index (χ4v) is 1.82. The lowest BCUT2D eigenvalue weighted by atomic mass is 10.1. The molecular weight excluding hydrogens is 222 g/mol. The van der Waals surface area contributed by atoms with Gasteiger partial charge in [-0.15, -0.1) is 0 Å². The van der Waals surface area contributed by atoms with Gasteiger partial charge in [0.05, 0.1) is 17.7 Å². The summed E-state index contributed by atoms with van der Waals surface area (Å²) in [6.45, 7) is 3.01. The molecule has 0 aliphatic carbocycles. The number of amides is 1. The number of carboxylic acid groups (broad SMARTS) is 1. The number of carbonyl (C=O) groups excluding carboxylic acids is 2. The third kappa shape index (κ3) is 1.84. The zero-order valence-corrected chi connectivity index (χ0v) is 9.54. The van der Waals surface area contributed by atoms with Crippen LogP contribution in [0.5, 0.6) is 5.75 Å². The molecule has 0 N–H and O–H groups in total. The second-order valence-corrected chi connectivity index (χ2v) is 3.93. The van der Waals surface area contributed by atoms with Gasteiger partial charge >= 0.3 is 0 Å². The van der Waals surface area contributed by atoms with Crippen molar-refractivity contribution in [3.63, 3.8) is 0 Å². The molecule has 0 aromatic heterocycles. The summed E-state index contributed by atoms with van der Waals surface area (Å²) in [5, 5.41) is 10.9. The molecule has 1 amide bonds. The molecule has 0 saturated carbocycles. The molecule has 1 aliphatic heterocycles. The van der Waals surface area contributed by atoms with Crippen LogP contribution in [-0.2, 0) is 9.59 Å². The molecule has 0 unspecified atom stereocenters. The van der Waals surface area contributed by atoms with E-state index >= 15 is 0 Å². The quantitative estimate of drug-likeness (QED) is 0.718. The molecule has 0 radical (unpaired) electrons. The fraction of sp³-hybridized carbons (Fsp3) is 0.333. The van der Waals surface area contributed by atoms with E-state index in [9.17, 15) is 14.7 Å². The van der Waals surface area contributed by atoms with Gasteiger partial charge in [0.25, 0.3) is 5.91 Å². The van der Waals surface area contributed by atoms with Gasteiger partial charge in [-0.1, -0.05) is 12.1 Å². The Morgan fingerprint density at radius 1 is 1.47 bits per heavy atom. The lowest BCUT2D eigenvalue weighted by Gasteiger charge is -2.37.